The van der Waals surface area contributed by atoms with Gasteiger partial charge < -0.3 is 9.84 Å². The molecule has 3 rings (SSSR count). The van der Waals surface area contributed by atoms with E-state index in [4.69, 9.17) is 4.52 Å². The lowest BCUT2D eigenvalue weighted by Gasteiger charge is -2.29. The second-order valence-corrected chi connectivity index (χ2v) is 6.05. The van der Waals surface area contributed by atoms with Crippen molar-refractivity contribution in [2.45, 2.75) is 38.8 Å². The van der Waals surface area contributed by atoms with Gasteiger partial charge >= 0.3 is 0 Å². The van der Waals surface area contributed by atoms with Crippen molar-refractivity contribution < 1.29 is 9.32 Å². The highest BCUT2D eigenvalue weighted by molar-refractivity contribution is 5.74. The number of nitrogens with zero attached hydrogens (tertiary/aromatic N) is 4. The molecule has 0 saturated carbocycles. The standard InChI is InChI=1S/C16H21N5O2/c1-11(14-6-4-5-8-17-14)21-9-7-16(10-21,19-12(2)22)15-18-13(3)23-20-15/h4-6,8,11H,7,9-10H2,1-3H3,(H,19,22)/t11-,16-/m0/s1. The predicted molar refractivity (Wildman–Crippen MR) is 83.4 cm³/mol. The van der Waals surface area contributed by atoms with Crippen LogP contribution in [0.15, 0.2) is 28.9 Å². The van der Waals surface area contributed by atoms with Gasteiger partial charge in [-0.15, -0.1) is 0 Å². The van der Waals surface area contributed by atoms with E-state index in [0.29, 0.717) is 18.3 Å². The summed E-state index contributed by atoms with van der Waals surface area (Å²) >= 11 is 0. The van der Waals surface area contributed by atoms with E-state index in [1.165, 1.54) is 6.92 Å². The minimum atomic E-state index is -0.605. The number of rotatable bonds is 4. The molecule has 3 heterocycles. The minimum absolute atomic E-state index is 0.0974. The van der Waals surface area contributed by atoms with Crippen LogP contribution in [0.5, 0.6) is 0 Å². The molecule has 2 atom stereocenters. The van der Waals surface area contributed by atoms with Crippen LogP contribution >= 0.6 is 0 Å². The molecular weight excluding hydrogens is 294 g/mol. The minimum Gasteiger partial charge on any atom is -0.342 e. The molecule has 0 aromatic carbocycles. The molecule has 122 valence electrons. The highest BCUT2D eigenvalue weighted by Gasteiger charge is 2.45. The molecule has 0 bridgehead atoms. The first kappa shape index (κ1) is 15.6. The molecule has 0 spiro atoms. The number of hydrogen-bond acceptors (Lipinski definition) is 6. The highest BCUT2D eigenvalue weighted by atomic mass is 16.5. The fraction of sp³-hybridized carbons (Fsp3) is 0.500. The lowest BCUT2D eigenvalue weighted by molar-refractivity contribution is -0.121. The molecule has 23 heavy (non-hydrogen) atoms. The molecular formula is C16H21N5O2. The van der Waals surface area contributed by atoms with Gasteiger partial charge in [0.25, 0.3) is 0 Å². The number of aryl methyl sites for hydroxylation is 1. The third kappa shape index (κ3) is 3.10. The Bertz CT molecular complexity index is 687. The summed E-state index contributed by atoms with van der Waals surface area (Å²) in [6.45, 7) is 6.84. The average molecular weight is 315 g/mol. The predicted octanol–water partition coefficient (Wildman–Crippen LogP) is 1.57. The van der Waals surface area contributed by atoms with Gasteiger partial charge in [0, 0.05) is 39.2 Å². The van der Waals surface area contributed by atoms with Crippen LogP contribution in [0.1, 0.15) is 43.7 Å². The van der Waals surface area contributed by atoms with Crippen molar-refractivity contribution in [1.29, 1.82) is 0 Å². The van der Waals surface area contributed by atoms with Crippen LogP contribution < -0.4 is 5.32 Å². The maximum Gasteiger partial charge on any atom is 0.223 e. The molecule has 2 aromatic rings. The Labute approximate surface area is 135 Å². The zero-order chi connectivity index (χ0) is 16.4. The van der Waals surface area contributed by atoms with Gasteiger partial charge in [0.2, 0.25) is 11.8 Å². The first-order valence-corrected chi connectivity index (χ1v) is 7.75. The largest absolute Gasteiger partial charge is 0.342 e. The first-order chi connectivity index (χ1) is 11.0. The van der Waals surface area contributed by atoms with Crippen molar-refractivity contribution in [2.24, 2.45) is 0 Å². The summed E-state index contributed by atoms with van der Waals surface area (Å²) in [5.41, 5.74) is 0.405. The number of amides is 1. The Morgan fingerprint density at radius 2 is 2.30 bits per heavy atom. The SMILES string of the molecule is CC(=O)N[C@@]1(c2noc(C)n2)CCN([C@@H](C)c2ccccn2)C1. The second-order valence-electron chi connectivity index (χ2n) is 6.05. The molecule has 7 heteroatoms. The molecule has 1 fully saturated rings. The van der Waals surface area contributed by atoms with Crippen LogP contribution in [-0.2, 0) is 10.3 Å². The van der Waals surface area contributed by atoms with E-state index in [9.17, 15) is 4.79 Å². The quantitative estimate of drug-likeness (QED) is 0.922. The fourth-order valence-electron chi connectivity index (χ4n) is 3.15. The fourth-order valence-corrected chi connectivity index (χ4v) is 3.15. The summed E-state index contributed by atoms with van der Waals surface area (Å²) < 4.78 is 5.12. The number of aromatic nitrogens is 3. The van der Waals surface area contributed by atoms with Crippen LogP contribution in [0.2, 0.25) is 0 Å². The summed E-state index contributed by atoms with van der Waals surface area (Å²) in [5.74, 6) is 0.946. The van der Waals surface area contributed by atoms with Crippen molar-refractivity contribution in [1.82, 2.24) is 25.3 Å². The van der Waals surface area contributed by atoms with E-state index >= 15 is 0 Å². The van der Waals surface area contributed by atoms with Crippen LogP contribution in [0, 0.1) is 6.92 Å². The van der Waals surface area contributed by atoms with Crippen LogP contribution in [0.25, 0.3) is 0 Å². The molecule has 0 unspecified atom stereocenters. The summed E-state index contributed by atoms with van der Waals surface area (Å²) in [6, 6.07) is 6.06. The van der Waals surface area contributed by atoms with Crippen LogP contribution in [-0.4, -0.2) is 39.0 Å². The van der Waals surface area contributed by atoms with Gasteiger partial charge in [0.05, 0.1) is 5.69 Å². The van der Waals surface area contributed by atoms with Gasteiger partial charge in [-0.3, -0.25) is 14.7 Å². The number of nitrogens with one attached hydrogen (secondary N) is 1. The number of pyridine rings is 1. The van der Waals surface area contributed by atoms with Crippen molar-refractivity contribution in [3.8, 4) is 0 Å². The van der Waals surface area contributed by atoms with Gasteiger partial charge in [0.1, 0.15) is 5.54 Å². The van der Waals surface area contributed by atoms with Gasteiger partial charge in [-0.05, 0) is 25.5 Å². The molecule has 1 saturated heterocycles. The Hall–Kier alpha value is -2.28. The van der Waals surface area contributed by atoms with Gasteiger partial charge in [0.15, 0.2) is 5.82 Å². The molecule has 2 aromatic heterocycles. The molecule has 0 radical (unpaired) electrons. The topological polar surface area (TPSA) is 84.2 Å². The van der Waals surface area contributed by atoms with E-state index < -0.39 is 5.54 Å². The molecule has 1 N–H and O–H groups in total. The van der Waals surface area contributed by atoms with Crippen LogP contribution in [0.4, 0.5) is 0 Å². The molecule has 1 amide bonds. The van der Waals surface area contributed by atoms with E-state index in [1.807, 2.05) is 18.2 Å². The molecule has 7 nitrogen and oxygen atoms in total. The van der Waals surface area contributed by atoms with Crippen molar-refractivity contribution in [3.05, 3.63) is 41.8 Å². The monoisotopic (exact) mass is 315 g/mol. The summed E-state index contributed by atoms with van der Waals surface area (Å²) in [4.78, 5) is 22.8. The van der Waals surface area contributed by atoms with E-state index in [-0.39, 0.29) is 11.9 Å². The zero-order valence-electron chi connectivity index (χ0n) is 13.6. The van der Waals surface area contributed by atoms with Gasteiger partial charge in [-0.1, -0.05) is 11.2 Å². The Morgan fingerprint density at radius 1 is 1.48 bits per heavy atom. The molecule has 1 aliphatic heterocycles. The lowest BCUT2D eigenvalue weighted by atomic mass is 9.97. The maximum atomic E-state index is 11.7. The van der Waals surface area contributed by atoms with Crippen LogP contribution in [0.3, 0.4) is 0 Å². The highest BCUT2D eigenvalue weighted by Crippen LogP contribution is 2.34. The lowest BCUT2D eigenvalue weighted by Crippen LogP contribution is -2.48. The van der Waals surface area contributed by atoms with Gasteiger partial charge in [-0.25, -0.2) is 0 Å². The Balaban J connectivity index is 1.85. The molecule has 0 aliphatic carbocycles. The summed E-state index contributed by atoms with van der Waals surface area (Å²) in [5, 5.41) is 7.08. The number of carbonyl (C=O) groups excluding carboxylic acids is 1. The smallest absolute Gasteiger partial charge is 0.223 e. The third-order valence-electron chi connectivity index (χ3n) is 4.33. The van der Waals surface area contributed by atoms with E-state index in [2.05, 4.69) is 32.3 Å². The molecule has 1 aliphatic rings. The second kappa shape index (κ2) is 6.08. The number of hydrogen-bond donors (Lipinski definition) is 1. The summed E-state index contributed by atoms with van der Waals surface area (Å²) in [7, 11) is 0. The van der Waals surface area contributed by atoms with Gasteiger partial charge in [-0.2, -0.15) is 4.98 Å². The van der Waals surface area contributed by atoms with Crippen molar-refractivity contribution in [2.75, 3.05) is 13.1 Å². The zero-order valence-corrected chi connectivity index (χ0v) is 13.6. The summed E-state index contributed by atoms with van der Waals surface area (Å²) in [6.07, 6.45) is 2.54. The number of likely N-dealkylation sites (tertiary alicyclic amines) is 1. The van der Waals surface area contributed by atoms with E-state index in [0.717, 1.165) is 18.7 Å². The van der Waals surface area contributed by atoms with E-state index in [1.54, 1.807) is 13.1 Å². The maximum absolute atomic E-state index is 11.7. The van der Waals surface area contributed by atoms with Crippen molar-refractivity contribution >= 4 is 5.91 Å². The normalized spacial score (nSPS) is 22.9. The third-order valence-corrected chi connectivity index (χ3v) is 4.33. The Morgan fingerprint density at radius 3 is 2.91 bits per heavy atom. The number of carbonyl (C=O) groups is 1. The van der Waals surface area contributed by atoms with Crippen molar-refractivity contribution in [3.63, 3.8) is 0 Å². The first-order valence-electron chi connectivity index (χ1n) is 7.75. The average Bonchev–Trinajstić information content (AvgIpc) is 3.14. The Kier molecular flexibility index (Phi) is 4.12.